The number of hydrogen-bond acceptors (Lipinski definition) is 3. The van der Waals surface area contributed by atoms with Crippen molar-refractivity contribution in [1.82, 2.24) is 0 Å². The second kappa shape index (κ2) is 4.07. The summed E-state index contributed by atoms with van der Waals surface area (Å²) in [5.41, 5.74) is 0. The van der Waals surface area contributed by atoms with E-state index < -0.39 is 26.6 Å². The Hall–Kier alpha value is 0.0700. The summed E-state index contributed by atoms with van der Waals surface area (Å²) in [7, 11) is -4.46. The van der Waals surface area contributed by atoms with Gasteiger partial charge in [-0.15, -0.1) is 0 Å². The van der Waals surface area contributed by atoms with Gasteiger partial charge in [0.25, 0.3) is 0 Å². The molecular weight excluding hydrogens is 195 g/mol. The van der Waals surface area contributed by atoms with Crippen LogP contribution in [-0.2, 0) is 13.8 Å². The molecule has 0 bridgehead atoms. The Labute approximate surface area is 78.7 Å². The zero-order chi connectivity index (χ0) is 10.9. The third-order valence-electron chi connectivity index (χ3n) is 2.05. The molecule has 0 aromatic carbocycles. The Morgan fingerprint density at radius 3 is 2.77 bits per heavy atom. The standard InChI is InChI=1S/C7H15O5P/c1-5-3-4-11-7(5)6(2)12-13(8,9)10/h5-7H,3-4H2,1-2H3,(H2,8,9,10)/t5-,6+,7-/m0/s1/i4T/t4-,5-,6+,7-. The lowest BCUT2D eigenvalue weighted by Gasteiger charge is -2.22. The fourth-order valence-electron chi connectivity index (χ4n) is 1.44. The van der Waals surface area contributed by atoms with Crippen LogP contribution in [0.4, 0.5) is 0 Å². The van der Waals surface area contributed by atoms with Gasteiger partial charge >= 0.3 is 7.82 Å². The molecule has 1 heterocycles. The van der Waals surface area contributed by atoms with Crippen molar-refractivity contribution in [3.63, 3.8) is 0 Å². The minimum Gasteiger partial charge on any atom is -0.375 e. The van der Waals surface area contributed by atoms with Gasteiger partial charge in [-0.2, -0.15) is 0 Å². The highest BCUT2D eigenvalue weighted by Crippen LogP contribution is 2.40. The molecule has 1 fully saturated rings. The first kappa shape index (κ1) is 9.62. The maximum atomic E-state index is 10.6. The molecule has 2 N–H and O–H groups in total. The Morgan fingerprint density at radius 1 is 1.77 bits per heavy atom. The van der Waals surface area contributed by atoms with Gasteiger partial charge in [-0.25, -0.2) is 4.57 Å². The van der Waals surface area contributed by atoms with E-state index in [0.717, 1.165) is 0 Å². The minimum absolute atomic E-state index is 0.0825. The average molecular weight is 212 g/mol. The minimum atomic E-state index is -4.46. The van der Waals surface area contributed by atoms with Gasteiger partial charge in [-0.3, -0.25) is 4.52 Å². The lowest BCUT2D eigenvalue weighted by Crippen LogP contribution is -2.29. The van der Waals surface area contributed by atoms with E-state index in [1.807, 2.05) is 6.92 Å². The van der Waals surface area contributed by atoms with Crippen LogP contribution in [0.5, 0.6) is 0 Å². The molecule has 0 saturated carbocycles. The fourth-order valence-corrected chi connectivity index (χ4v) is 1.99. The number of phosphoric acid groups is 1. The van der Waals surface area contributed by atoms with E-state index in [2.05, 4.69) is 4.52 Å². The molecule has 1 rings (SSSR count). The predicted molar refractivity (Wildman–Crippen MR) is 46.1 cm³/mol. The van der Waals surface area contributed by atoms with Crippen LogP contribution in [0, 0.1) is 5.92 Å². The summed E-state index contributed by atoms with van der Waals surface area (Å²) >= 11 is 0. The topological polar surface area (TPSA) is 76.0 Å². The number of hydrogen-bond donors (Lipinski definition) is 2. The van der Waals surface area contributed by atoms with E-state index in [9.17, 15) is 4.57 Å². The third-order valence-corrected chi connectivity index (χ3v) is 2.66. The second-order valence-electron chi connectivity index (χ2n) is 3.28. The summed E-state index contributed by atoms with van der Waals surface area (Å²) in [6.07, 6.45) is -0.536. The molecule has 0 radical (unpaired) electrons. The number of ether oxygens (including phenoxy) is 1. The SMILES string of the molecule is [3H][C@H]1C[C@H](C)[C@@H]([C@@H](C)OP(=O)(O)O)O1. The van der Waals surface area contributed by atoms with Crippen LogP contribution in [0.3, 0.4) is 0 Å². The highest BCUT2D eigenvalue weighted by atomic mass is 31.2. The first-order chi connectivity index (χ1) is 6.29. The lowest BCUT2D eigenvalue weighted by atomic mass is 10.0. The largest absolute Gasteiger partial charge is 0.469 e. The lowest BCUT2D eigenvalue weighted by molar-refractivity contribution is -0.00684. The third kappa shape index (κ3) is 3.37. The van der Waals surface area contributed by atoms with Crippen molar-refractivity contribution in [2.24, 2.45) is 5.92 Å². The van der Waals surface area contributed by atoms with Gasteiger partial charge in [-0.1, -0.05) is 6.92 Å². The molecule has 0 spiro atoms. The van der Waals surface area contributed by atoms with Crippen LogP contribution < -0.4 is 0 Å². The van der Waals surface area contributed by atoms with E-state index in [1.54, 1.807) is 0 Å². The van der Waals surface area contributed by atoms with Gasteiger partial charge in [0.15, 0.2) is 0 Å². The van der Waals surface area contributed by atoms with Crippen molar-refractivity contribution >= 4 is 7.82 Å². The molecule has 5 nitrogen and oxygen atoms in total. The van der Waals surface area contributed by atoms with Crippen molar-refractivity contribution < 1.29 is 25.0 Å². The zero-order valence-corrected chi connectivity index (χ0v) is 8.48. The van der Waals surface area contributed by atoms with Crippen molar-refractivity contribution in [3.8, 4) is 0 Å². The summed E-state index contributed by atoms with van der Waals surface area (Å²) in [5.74, 6) is 0.0825. The molecule has 0 unspecified atom stereocenters. The summed E-state index contributed by atoms with van der Waals surface area (Å²) in [5, 5.41) is 0. The number of rotatable bonds is 3. The predicted octanol–water partition coefficient (Wildman–Crippen LogP) is 0.909. The molecule has 0 aromatic rings. The van der Waals surface area contributed by atoms with Crippen molar-refractivity contribution in [2.75, 3.05) is 6.58 Å². The van der Waals surface area contributed by atoms with E-state index in [4.69, 9.17) is 15.9 Å². The Bertz CT molecular complexity index is 242. The Kier molecular flexibility index (Phi) is 3.01. The molecule has 0 aromatic heterocycles. The van der Waals surface area contributed by atoms with E-state index >= 15 is 0 Å². The van der Waals surface area contributed by atoms with Gasteiger partial charge in [0.1, 0.15) is 0 Å². The fraction of sp³-hybridized carbons (Fsp3) is 1.00. The molecular formula is C7H15O5P. The molecule has 1 saturated heterocycles. The summed E-state index contributed by atoms with van der Waals surface area (Å²) in [6.45, 7) is 2.80. The normalized spacial score (nSPS) is 38.8. The molecule has 13 heavy (non-hydrogen) atoms. The summed E-state index contributed by atoms with van der Waals surface area (Å²) < 4.78 is 27.6. The summed E-state index contributed by atoms with van der Waals surface area (Å²) in [4.78, 5) is 17.2. The van der Waals surface area contributed by atoms with Crippen LogP contribution in [0.15, 0.2) is 0 Å². The molecule has 0 amide bonds. The Morgan fingerprint density at radius 2 is 2.38 bits per heavy atom. The smallest absolute Gasteiger partial charge is 0.375 e. The van der Waals surface area contributed by atoms with Gasteiger partial charge in [0, 0.05) is 6.58 Å². The van der Waals surface area contributed by atoms with Gasteiger partial charge in [-0.05, 0) is 19.3 Å². The molecule has 4 atom stereocenters. The Balaban J connectivity index is 2.53. The van der Waals surface area contributed by atoms with Crippen LogP contribution >= 0.6 is 7.82 Å². The molecule has 6 heteroatoms. The van der Waals surface area contributed by atoms with Crippen LogP contribution in [0.2, 0.25) is 0 Å². The van der Waals surface area contributed by atoms with Gasteiger partial charge < -0.3 is 14.5 Å². The number of phosphoric ester groups is 1. The van der Waals surface area contributed by atoms with E-state index in [-0.39, 0.29) is 5.92 Å². The zero-order valence-electron chi connectivity index (χ0n) is 8.58. The van der Waals surface area contributed by atoms with Crippen LogP contribution in [0.1, 0.15) is 21.6 Å². The second-order valence-corrected chi connectivity index (χ2v) is 4.47. The van der Waals surface area contributed by atoms with E-state index in [1.165, 1.54) is 6.92 Å². The first-order valence-corrected chi connectivity index (χ1v) is 5.64. The summed E-state index contributed by atoms with van der Waals surface area (Å²) in [6, 6.07) is 0. The van der Waals surface area contributed by atoms with E-state index in [0.29, 0.717) is 6.42 Å². The van der Waals surface area contributed by atoms with Crippen molar-refractivity contribution in [3.05, 3.63) is 0 Å². The quantitative estimate of drug-likeness (QED) is 0.680. The van der Waals surface area contributed by atoms with Crippen molar-refractivity contribution in [1.29, 1.82) is 0 Å². The highest BCUT2D eigenvalue weighted by molar-refractivity contribution is 7.46. The van der Waals surface area contributed by atoms with Gasteiger partial charge in [0.05, 0.1) is 13.6 Å². The highest BCUT2D eigenvalue weighted by Gasteiger charge is 2.33. The monoisotopic (exact) mass is 212 g/mol. The average Bonchev–Trinajstić information content (AvgIpc) is 2.26. The molecule has 78 valence electrons. The molecule has 1 aliphatic heterocycles. The van der Waals surface area contributed by atoms with Crippen LogP contribution in [0.25, 0.3) is 0 Å². The first-order valence-electron chi connectivity index (χ1n) is 4.69. The maximum absolute atomic E-state index is 10.6. The molecule has 1 aliphatic rings. The van der Waals surface area contributed by atoms with Gasteiger partial charge in [0.2, 0.25) is 0 Å². The van der Waals surface area contributed by atoms with Crippen LogP contribution in [-0.4, -0.2) is 28.6 Å². The van der Waals surface area contributed by atoms with Crippen molar-refractivity contribution in [2.45, 2.75) is 32.5 Å². The maximum Gasteiger partial charge on any atom is 0.469 e. The molecule has 0 aliphatic carbocycles.